The summed E-state index contributed by atoms with van der Waals surface area (Å²) in [5.41, 5.74) is 0.836. The molecule has 1 aliphatic rings. The van der Waals surface area contributed by atoms with Gasteiger partial charge in [-0.05, 0) is 42.1 Å². The number of nitrogens with zero attached hydrogens (tertiary/aromatic N) is 2. The summed E-state index contributed by atoms with van der Waals surface area (Å²) in [6.45, 7) is 2.76. The Morgan fingerprint density at radius 2 is 1.88 bits per heavy atom. The van der Waals surface area contributed by atoms with E-state index in [-0.39, 0.29) is 24.8 Å². The van der Waals surface area contributed by atoms with Gasteiger partial charge < -0.3 is 4.90 Å². The second-order valence-electron chi connectivity index (χ2n) is 5.59. The summed E-state index contributed by atoms with van der Waals surface area (Å²) in [5, 5.41) is 1.73. The lowest BCUT2D eigenvalue weighted by Crippen LogP contribution is -2.50. The molecule has 1 aromatic carbocycles. The van der Waals surface area contributed by atoms with Gasteiger partial charge in [-0.3, -0.25) is 4.79 Å². The number of aryl methyl sites for hydroxylation is 1. The lowest BCUT2D eigenvalue weighted by Gasteiger charge is -2.33. The van der Waals surface area contributed by atoms with Gasteiger partial charge in [-0.25, -0.2) is 12.8 Å². The van der Waals surface area contributed by atoms with Crippen molar-refractivity contribution in [3.63, 3.8) is 0 Å². The maximum absolute atomic E-state index is 13.3. The Hall–Kier alpha value is -1.77. The van der Waals surface area contributed by atoms with E-state index in [1.165, 1.54) is 33.8 Å². The van der Waals surface area contributed by atoms with Gasteiger partial charge in [0.25, 0.3) is 15.9 Å². The van der Waals surface area contributed by atoms with Gasteiger partial charge in [0.1, 0.15) is 10.0 Å². The Bertz CT molecular complexity index is 842. The highest BCUT2D eigenvalue weighted by atomic mass is 32.2. The minimum Gasteiger partial charge on any atom is -0.336 e. The van der Waals surface area contributed by atoms with Crippen molar-refractivity contribution >= 4 is 27.3 Å². The number of benzene rings is 1. The van der Waals surface area contributed by atoms with Crippen LogP contribution in [0.5, 0.6) is 0 Å². The van der Waals surface area contributed by atoms with E-state index in [1.807, 2.05) is 0 Å². The number of carbonyl (C=O) groups is 1. The third-order valence-electron chi connectivity index (χ3n) is 4.02. The van der Waals surface area contributed by atoms with Crippen molar-refractivity contribution in [1.82, 2.24) is 9.21 Å². The van der Waals surface area contributed by atoms with E-state index >= 15 is 0 Å². The summed E-state index contributed by atoms with van der Waals surface area (Å²) < 4.78 is 40.0. The first kappa shape index (κ1) is 17.1. The second-order valence-corrected chi connectivity index (χ2v) is 8.70. The summed E-state index contributed by atoms with van der Waals surface area (Å²) in [5.74, 6) is -0.551. The van der Waals surface area contributed by atoms with E-state index in [0.29, 0.717) is 28.4 Å². The van der Waals surface area contributed by atoms with Gasteiger partial charge in [0.05, 0.1) is 0 Å². The fraction of sp³-hybridized carbons (Fsp3) is 0.312. The molecule has 0 unspecified atom stereocenters. The number of thiophene rings is 1. The molecule has 0 saturated carbocycles. The number of rotatable bonds is 3. The minimum atomic E-state index is -3.48. The number of sulfonamides is 1. The Balaban J connectivity index is 1.69. The molecule has 128 valence electrons. The maximum atomic E-state index is 13.3. The average Bonchev–Trinajstić information content (AvgIpc) is 3.12. The molecule has 8 heteroatoms. The zero-order valence-electron chi connectivity index (χ0n) is 13.1. The molecule has 1 fully saturated rings. The summed E-state index contributed by atoms with van der Waals surface area (Å²) in [4.78, 5) is 14.1. The van der Waals surface area contributed by atoms with Crippen LogP contribution in [-0.2, 0) is 10.0 Å². The van der Waals surface area contributed by atoms with E-state index in [1.54, 1.807) is 29.3 Å². The molecular formula is C16H17FN2O3S2. The highest BCUT2D eigenvalue weighted by molar-refractivity contribution is 7.91. The molecule has 0 aliphatic carbocycles. The zero-order valence-corrected chi connectivity index (χ0v) is 14.7. The summed E-state index contributed by atoms with van der Waals surface area (Å²) >= 11 is 1.18. The molecule has 1 saturated heterocycles. The maximum Gasteiger partial charge on any atom is 0.253 e. The van der Waals surface area contributed by atoms with E-state index < -0.39 is 10.0 Å². The summed E-state index contributed by atoms with van der Waals surface area (Å²) in [6, 6.07) is 7.54. The van der Waals surface area contributed by atoms with Gasteiger partial charge in [0.2, 0.25) is 0 Å². The predicted octanol–water partition coefficient (Wildman–Crippen LogP) is 2.34. The van der Waals surface area contributed by atoms with Gasteiger partial charge in [0.15, 0.2) is 0 Å². The number of hydrogen-bond donors (Lipinski definition) is 0. The average molecular weight is 368 g/mol. The molecule has 0 radical (unpaired) electrons. The molecule has 2 heterocycles. The van der Waals surface area contributed by atoms with Crippen LogP contribution >= 0.6 is 11.3 Å². The molecule has 3 rings (SSSR count). The second kappa shape index (κ2) is 6.62. The van der Waals surface area contributed by atoms with Crippen LogP contribution < -0.4 is 0 Å². The van der Waals surface area contributed by atoms with Crippen LogP contribution in [0.1, 0.15) is 15.9 Å². The molecule has 5 nitrogen and oxygen atoms in total. The Morgan fingerprint density at radius 3 is 2.46 bits per heavy atom. The van der Waals surface area contributed by atoms with Crippen LogP contribution in [0.4, 0.5) is 4.39 Å². The van der Waals surface area contributed by atoms with Crippen LogP contribution in [0, 0.1) is 12.7 Å². The van der Waals surface area contributed by atoms with Gasteiger partial charge in [0, 0.05) is 31.7 Å². The molecule has 1 aliphatic heterocycles. The number of amides is 1. The normalized spacial score (nSPS) is 16.3. The third-order valence-corrected chi connectivity index (χ3v) is 7.29. The van der Waals surface area contributed by atoms with Crippen molar-refractivity contribution in [2.75, 3.05) is 26.2 Å². The van der Waals surface area contributed by atoms with Crippen molar-refractivity contribution < 1.29 is 17.6 Å². The van der Waals surface area contributed by atoms with Gasteiger partial charge >= 0.3 is 0 Å². The lowest BCUT2D eigenvalue weighted by molar-refractivity contribution is 0.0698. The highest BCUT2D eigenvalue weighted by Crippen LogP contribution is 2.22. The van der Waals surface area contributed by atoms with Crippen LogP contribution in [-0.4, -0.2) is 49.7 Å². The lowest BCUT2D eigenvalue weighted by atomic mass is 10.1. The van der Waals surface area contributed by atoms with Gasteiger partial charge in [-0.1, -0.05) is 6.07 Å². The first-order valence-corrected chi connectivity index (χ1v) is 9.80. The fourth-order valence-corrected chi connectivity index (χ4v) is 5.20. The Kier molecular flexibility index (Phi) is 4.71. The molecule has 0 spiro atoms. The highest BCUT2D eigenvalue weighted by Gasteiger charge is 2.31. The Morgan fingerprint density at radius 1 is 1.17 bits per heavy atom. The first-order chi connectivity index (χ1) is 11.4. The molecular weight excluding hydrogens is 351 g/mol. The molecule has 0 bridgehead atoms. The SMILES string of the molecule is Cc1cc(C(=O)N2CCN(S(=O)(=O)c3cccs3)CC2)ccc1F. The van der Waals surface area contributed by atoms with Crippen LogP contribution in [0.2, 0.25) is 0 Å². The number of carbonyl (C=O) groups excluding carboxylic acids is 1. The summed E-state index contributed by atoms with van der Waals surface area (Å²) in [7, 11) is -3.48. The number of halogens is 1. The van der Waals surface area contributed by atoms with E-state index in [0.717, 1.165) is 0 Å². The van der Waals surface area contributed by atoms with Crippen molar-refractivity contribution in [2.24, 2.45) is 0 Å². The molecule has 0 atom stereocenters. The Labute approximate surface area is 144 Å². The first-order valence-electron chi connectivity index (χ1n) is 7.48. The minimum absolute atomic E-state index is 0.203. The largest absolute Gasteiger partial charge is 0.336 e. The standard InChI is InChI=1S/C16H17FN2O3S2/c1-12-11-13(4-5-14(12)17)16(20)18-6-8-19(9-7-18)24(21,22)15-3-2-10-23-15/h2-5,10-11H,6-9H2,1H3. The molecule has 24 heavy (non-hydrogen) atoms. The number of hydrogen-bond acceptors (Lipinski definition) is 4. The molecule has 1 aromatic heterocycles. The third kappa shape index (κ3) is 3.22. The molecule has 1 amide bonds. The molecule has 2 aromatic rings. The van der Waals surface area contributed by atoms with Gasteiger partial charge in [-0.15, -0.1) is 11.3 Å². The van der Waals surface area contributed by atoms with Crippen molar-refractivity contribution in [2.45, 2.75) is 11.1 Å². The quantitative estimate of drug-likeness (QED) is 0.836. The fourth-order valence-electron chi connectivity index (χ4n) is 2.63. The van der Waals surface area contributed by atoms with Crippen molar-refractivity contribution in [3.05, 3.63) is 52.7 Å². The van der Waals surface area contributed by atoms with Crippen LogP contribution in [0.25, 0.3) is 0 Å². The predicted molar refractivity (Wildman–Crippen MR) is 90.1 cm³/mol. The topological polar surface area (TPSA) is 57.7 Å². The van der Waals surface area contributed by atoms with Gasteiger partial charge in [-0.2, -0.15) is 4.31 Å². The smallest absolute Gasteiger partial charge is 0.253 e. The van der Waals surface area contributed by atoms with E-state index in [4.69, 9.17) is 0 Å². The van der Waals surface area contributed by atoms with Crippen LogP contribution in [0.15, 0.2) is 39.9 Å². The number of piperazine rings is 1. The van der Waals surface area contributed by atoms with Crippen molar-refractivity contribution in [1.29, 1.82) is 0 Å². The monoisotopic (exact) mass is 368 g/mol. The van der Waals surface area contributed by atoms with Crippen molar-refractivity contribution in [3.8, 4) is 0 Å². The summed E-state index contributed by atoms with van der Waals surface area (Å²) in [6.07, 6.45) is 0. The zero-order chi connectivity index (χ0) is 17.3. The molecule has 0 N–H and O–H groups in total. The van der Waals surface area contributed by atoms with E-state index in [9.17, 15) is 17.6 Å². The van der Waals surface area contributed by atoms with Crippen LogP contribution in [0.3, 0.4) is 0 Å². The van der Waals surface area contributed by atoms with E-state index in [2.05, 4.69) is 0 Å².